The van der Waals surface area contributed by atoms with Crippen molar-refractivity contribution in [1.82, 2.24) is 19.7 Å². The molecule has 7 heteroatoms. The number of anilines is 1. The zero-order chi connectivity index (χ0) is 20.4. The number of hydrogen-bond acceptors (Lipinski definition) is 4. The topological polar surface area (TPSA) is 63.1 Å². The number of hydrogen-bond donors (Lipinski definition) is 1. The molecule has 2 aromatic heterocycles. The van der Waals surface area contributed by atoms with Crippen LogP contribution in [0, 0.1) is 11.7 Å². The average Bonchev–Trinajstić information content (AvgIpc) is 3.27. The lowest BCUT2D eigenvalue weighted by Crippen LogP contribution is -2.37. The SMILES string of the molecule is CC1(C)CC(C(=O)Nc2ccn(-c3ncccc3F)n2)CN1Cc1ccccc1. The molecule has 150 valence electrons. The Morgan fingerprint density at radius 2 is 2.00 bits per heavy atom. The van der Waals surface area contributed by atoms with Gasteiger partial charge < -0.3 is 5.32 Å². The van der Waals surface area contributed by atoms with Crippen LogP contribution < -0.4 is 5.32 Å². The van der Waals surface area contributed by atoms with Crippen molar-refractivity contribution in [1.29, 1.82) is 0 Å². The molecule has 1 fully saturated rings. The highest BCUT2D eigenvalue weighted by Gasteiger charge is 2.41. The minimum atomic E-state index is -0.470. The number of likely N-dealkylation sites (tertiary alicyclic amines) is 1. The van der Waals surface area contributed by atoms with E-state index >= 15 is 0 Å². The van der Waals surface area contributed by atoms with Crippen LogP contribution in [0.2, 0.25) is 0 Å². The van der Waals surface area contributed by atoms with Crippen LogP contribution in [-0.2, 0) is 11.3 Å². The molecule has 3 heterocycles. The van der Waals surface area contributed by atoms with E-state index in [1.807, 2.05) is 18.2 Å². The third-order valence-electron chi connectivity index (χ3n) is 5.43. The van der Waals surface area contributed by atoms with Crippen molar-refractivity contribution >= 4 is 11.7 Å². The summed E-state index contributed by atoms with van der Waals surface area (Å²) in [6.07, 6.45) is 3.85. The second kappa shape index (κ2) is 7.75. The number of aromatic nitrogens is 3. The largest absolute Gasteiger partial charge is 0.309 e. The third kappa shape index (κ3) is 4.19. The smallest absolute Gasteiger partial charge is 0.230 e. The van der Waals surface area contributed by atoms with Crippen molar-refractivity contribution in [2.75, 3.05) is 11.9 Å². The summed E-state index contributed by atoms with van der Waals surface area (Å²) in [4.78, 5) is 19.2. The molecule has 29 heavy (non-hydrogen) atoms. The second-order valence-corrected chi connectivity index (χ2v) is 8.02. The van der Waals surface area contributed by atoms with Gasteiger partial charge in [0.15, 0.2) is 17.5 Å². The Hall–Kier alpha value is -3.06. The van der Waals surface area contributed by atoms with Crippen LogP contribution in [0.25, 0.3) is 5.82 Å². The molecule has 1 N–H and O–H groups in total. The Balaban J connectivity index is 1.42. The summed E-state index contributed by atoms with van der Waals surface area (Å²) >= 11 is 0. The van der Waals surface area contributed by atoms with E-state index in [-0.39, 0.29) is 23.2 Å². The minimum absolute atomic E-state index is 0.0691. The zero-order valence-corrected chi connectivity index (χ0v) is 16.5. The van der Waals surface area contributed by atoms with E-state index in [2.05, 4.69) is 46.3 Å². The molecular weight excluding hydrogens is 369 g/mol. The van der Waals surface area contributed by atoms with E-state index in [1.54, 1.807) is 12.3 Å². The lowest BCUT2D eigenvalue weighted by Gasteiger charge is -2.31. The molecule has 3 aromatic rings. The number of nitrogens with zero attached hydrogens (tertiary/aromatic N) is 4. The maximum atomic E-state index is 13.9. The number of amides is 1. The molecule has 1 amide bonds. The third-order valence-corrected chi connectivity index (χ3v) is 5.43. The molecule has 1 saturated heterocycles. The van der Waals surface area contributed by atoms with E-state index in [9.17, 15) is 9.18 Å². The maximum Gasteiger partial charge on any atom is 0.230 e. The van der Waals surface area contributed by atoms with E-state index in [0.717, 1.165) is 13.0 Å². The van der Waals surface area contributed by atoms with Gasteiger partial charge in [0.1, 0.15) is 0 Å². The van der Waals surface area contributed by atoms with Gasteiger partial charge in [-0.3, -0.25) is 9.69 Å². The van der Waals surface area contributed by atoms with Gasteiger partial charge in [0.05, 0.1) is 5.92 Å². The summed E-state index contributed by atoms with van der Waals surface area (Å²) in [5.41, 5.74) is 1.16. The van der Waals surface area contributed by atoms with Gasteiger partial charge >= 0.3 is 0 Å². The number of carbonyl (C=O) groups excluding carboxylic acids is 1. The highest BCUT2D eigenvalue weighted by Crippen LogP contribution is 2.34. The summed E-state index contributed by atoms with van der Waals surface area (Å²) in [7, 11) is 0. The van der Waals surface area contributed by atoms with Crippen molar-refractivity contribution in [3.63, 3.8) is 0 Å². The lowest BCUT2D eigenvalue weighted by molar-refractivity contribution is -0.119. The molecule has 1 aliphatic heterocycles. The van der Waals surface area contributed by atoms with Gasteiger partial charge in [-0.05, 0) is 38.0 Å². The molecular formula is C22H24FN5O. The summed E-state index contributed by atoms with van der Waals surface area (Å²) in [5.74, 6) is -0.184. The van der Waals surface area contributed by atoms with Crippen molar-refractivity contribution < 1.29 is 9.18 Å². The fourth-order valence-electron chi connectivity index (χ4n) is 3.85. The Bertz CT molecular complexity index is 1000. The van der Waals surface area contributed by atoms with Crippen LogP contribution in [0.4, 0.5) is 10.2 Å². The Kier molecular flexibility index (Phi) is 5.15. The molecule has 0 spiro atoms. The number of rotatable bonds is 5. The normalized spacial score (nSPS) is 18.7. The van der Waals surface area contributed by atoms with Gasteiger partial charge in [0.2, 0.25) is 5.91 Å². The molecule has 0 aliphatic carbocycles. The minimum Gasteiger partial charge on any atom is -0.309 e. The predicted octanol–water partition coefficient (Wildman–Crippen LogP) is 3.65. The number of carbonyl (C=O) groups is 1. The molecule has 1 atom stereocenters. The standard InChI is InChI=1S/C22H24FN5O/c1-22(2)13-17(15-27(22)14-16-7-4-3-5-8-16)21(29)25-19-10-12-28(26-19)20-18(23)9-6-11-24-20/h3-12,17H,13-15H2,1-2H3,(H,25,26,29). The van der Waals surface area contributed by atoms with Gasteiger partial charge in [-0.25, -0.2) is 14.1 Å². The molecule has 1 aliphatic rings. The van der Waals surface area contributed by atoms with Crippen molar-refractivity contribution in [3.05, 3.63) is 72.3 Å². The first-order valence-electron chi connectivity index (χ1n) is 9.69. The van der Waals surface area contributed by atoms with Gasteiger partial charge in [0.25, 0.3) is 0 Å². The Morgan fingerprint density at radius 3 is 2.76 bits per heavy atom. The first-order valence-corrected chi connectivity index (χ1v) is 9.69. The molecule has 0 saturated carbocycles. The quantitative estimate of drug-likeness (QED) is 0.719. The number of benzene rings is 1. The molecule has 6 nitrogen and oxygen atoms in total. The first kappa shape index (κ1) is 19.3. The summed E-state index contributed by atoms with van der Waals surface area (Å²) in [6, 6.07) is 14.8. The molecule has 0 bridgehead atoms. The lowest BCUT2D eigenvalue weighted by atomic mass is 9.95. The Morgan fingerprint density at radius 1 is 1.21 bits per heavy atom. The van der Waals surface area contributed by atoms with Crippen LogP contribution in [0.15, 0.2) is 60.9 Å². The van der Waals surface area contributed by atoms with E-state index in [4.69, 9.17) is 0 Å². The summed E-state index contributed by atoms with van der Waals surface area (Å²) < 4.78 is 15.2. The predicted molar refractivity (Wildman–Crippen MR) is 109 cm³/mol. The fraction of sp³-hybridized carbons (Fsp3) is 0.318. The van der Waals surface area contributed by atoms with E-state index in [0.29, 0.717) is 12.4 Å². The molecule has 1 aromatic carbocycles. The van der Waals surface area contributed by atoms with Crippen LogP contribution in [0.1, 0.15) is 25.8 Å². The summed E-state index contributed by atoms with van der Waals surface area (Å²) in [6.45, 7) is 5.83. The molecule has 0 radical (unpaired) electrons. The van der Waals surface area contributed by atoms with E-state index in [1.165, 1.54) is 28.6 Å². The van der Waals surface area contributed by atoms with Gasteiger partial charge in [0, 0.05) is 37.1 Å². The van der Waals surface area contributed by atoms with Crippen LogP contribution in [-0.4, -0.2) is 37.7 Å². The number of nitrogens with one attached hydrogen (secondary N) is 1. The number of halogens is 1. The zero-order valence-electron chi connectivity index (χ0n) is 16.5. The van der Waals surface area contributed by atoms with Crippen LogP contribution >= 0.6 is 0 Å². The average molecular weight is 393 g/mol. The highest BCUT2D eigenvalue weighted by molar-refractivity contribution is 5.92. The first-order chi connectivity index (χ1) is 13.9. The van der Waals surface area contributed by atoms with Gasteiger partial charge in [-0.2, -0.15) is 0 Å². The van der Waals surface area contributed by atoms with Crippen LogP contribution in [0.5, 0.6) is 0 Å². The fourth-order valence-corrected chi connectivity index (χ4v) is 3.85. The van der Waals surface area contributed by atoms with Crippen molar-refractivity contribution in [2.24, 2.45) is 5.92 Å². The molecule has 1 unspecified atom stereocenters. The second-order valence-electron chi connectivity index (χ2n) is 8.02. The van der Waals surface area contributed by atoms with E-state index < -0.39 is 5.82 Å². The summed E-state index contributed by atoms with van der Waals surface area (Å²) in [5, 5.41) is 7.11. The van der Waals surface area contributed by atoms with Gasteiger partial charge in [-0.15, -0.1) is 5.10 Å². The molecule has 4 rings (SSSR count). The maximum absolute atomic E-state index is 13.9. The van der Waals surface area contributed by atoms with Crippen molar-refractivity contribution in [3.8, 4) is 5.82 Å². The highest BCUT2D eigenvalue weighted by atomic mass is 19.1. The monoisotopic (exact) mass is 393 g/mol. The Labute approximate surface area is 169 Å². The van der Waals surface area contributed by atoms with Crippen LogP contribution in [0.3, 0.4) is 0 Å². The van der Waals surface area contributed by atoms with Crippen molar-refractivity contribution in [2.45, 2.75) is 32.4 Å². The van der Waals surface area contributed by atoms with Gasteiger partial charge in [-0.1, -0.05) is 30.3 Å². The number of pyridine rings is 1.